The number of aryl methyl sites for hydroxylation is 1. The van der Waals surface area contributed by atoms with Gasteiger partial charge in [0.1, 0.15) is 0 Å². The molecule has 0 spiro atoms. The largest absolute Gasteiger partial charge is 0.392 e. The van der Waals surface area contributed by atoms with Crippen LogP contribution in [0.2, 0.25) is 0 Å². The van der Waals surface area contributed by atoms with Gasteiger partial charge in [0.2, 0.25) is 5.91 Å². The zero-order valence-corrected chi connectivity index (χ0v) is 11.8. The summed E-state index contributed by atoms with van der Waals surface area (Å²) in [5.41, 5.74) is 6.61. The molecule has 18 heavy (non-hydrogen) atoms. The van der Waals surface area contributed by atoms with Gasteiger partial charge in [0.05, 0.1) is 22.3 Å². The van der Waals surface area contributed by atoms with Gasteiger partial charge in [-0.3, -0.25) is 9.78 Å². The number of amides is 1. The molecule has 0 aliphatic carbocycles. The molecule has 0 aliphatic heterocycles. The molecule has 1 aromatic heterocycles. The Balaban J connectivity index is 2.96. The fourth-order valence-electron chi connectivity index (χ4n) is 1.91. The second-order valence-corrected chi connectivity index (χ2v) is 4.80. The Bertz CT molecular complexity index is 455. The zero-order chi connectivity index (χ0) is 13.8. The standard InChI is InChI=1S/C13H19N3OS/c1-4-13(5-2,11(14)18)12(17)16-10-6-9(3)7-15-8-10/h6-8H,4-5H2,1-3H3,(H2,14,18)(H,16,17). The number of carbonyl (C=O) groups is 1. The molecule has 1 aromatic rings. The van der Waals surface area contributed by atoms with Crippen LogP contribution in [0.1, 0.15) is 32.3 Å². The Hall–Kier alpha value is -1.49. The highest BCUT2D eigenvalue weighted by Crippen LogP contribution is 2.28. The van der Waals surface area contributed by atoms with Crippen LogP contribution in [-0.4, -0.2) is 15.9 Å². The summed E-state index contributed by atoms with van der Waals surface area (Å²) in [6, 6.07) is 1.86. The fraction of sp³-hybridized carbons (Fsp3) is 0.462. The lowest BCUT2D eigenvalue weighted by Crippen LogP contribution is -2.45. The van der Waals surface area contributed by atoms with Gasteiger partial charge < -0.3 is 11.1 Å². The summed E-state index contributed by atoms with van der Waals surface area (Å²) in [5.74, 6) is -0.160. The molecule has 0 saturated heterocycles. The monoisotopic (exact) mass is 265 g/mol. The number of aromatic nitrogens is 1. The Morgan fingerprint density at radius 3 is 2.50 bits per heavy atom. The number of thiocarbonyl (C=S) groups is 1. The first-order valence-electron chi connectivity index (χ1n) is 5.99. The molecule has 0 aliphatic rings. The molecule has 5 heteroatoms. The van der Waals surface area contributed by atoms with Gasteiger partial charge in [-0.05, 0) is 31.4 Å². The van der Waals surface area contributed by atoms with Crippen LogP contribution >= 0.6 is 12.2 Å². The molecule has 0 aromatic carbocycles. The van der Waals surface area contributed by atoms with Crippen LogP contribution in [0.5, 0.6) is 0 Å². The predicted octanol–water partition coefficient (Wildman–Crippen LogP) is 2.42. The van der Waals surface area contributed by atoms with E-state index in [1.54, 1.807) is 12.4 Å². The Morgan fingerprint density at radius 1 is 1.44 bits per heavy atom. The van der Waals surface area contributed by atoms with Gasteiger partial charge in [-0.25, -0.2) is 0 Å². The van der Waals surface area contributed by atoms with E-state index in [1.165, 1.54) is 0 Å². The van der Waals surface area contributed by atoms with E-state index in [0.29, 0.717) is 18.5 Å². The third-order valence-corrected chi connectivity index (χ3v) is 3.64. The van der Waals surface area contributed by atoms with E-state index < -0.39 is 5.41 Å². The number of rotatable bonds is 5. The van der Waals surface area contributed by atoms with E-state index in [9.17, 15) is 4.79 Å². The maximum absolute atomic E-state index is 12.3. The van der Waals surface area contributed by atoms with Crippen LogP contribution in [0.3, 0.4) is 0 Å². The number of pyridine rings is 1. The molecule has 4 nitrogen and oxygen atoms in total. The van der Waals surface area contributed by atoms with Gasteiger partial charge in [0.25, 0.3) is 0 Å². The van der Waals surface area contributed by atoms with Gasteiger partial charge in [-0.2, -0.15) is 0 Å². The molecule has 1 rings (SSSR count). The number of nitrogens with one attached hydrogen (secondary N) is 1. The van der Waals surface area contributed by atoms with Crippen molar-refractivity contribution in [3.8, 4) is 0 Å². The molecule has 0 fully saturated rings. The lowest BCUT2D eigenvalue weighted by molar-refractivity contribution is -0.122. The normalized spacial score (nSPS) is 11.1. The van der Waals surface area contributed by atoms with Crippen molar-refractivity contribution < 1.29 is 4.79 Å². The van der Waals surface area contributed by atoms with E-state index >= 15 is 0 Å². The van der Waals surface area contributed by atoms with E-state index in [-0.39, 0.29) is 10.9 Å². The van der Waals surface area contributed by atoms with Crippen LogP contribution in [0.15, 0.2) is 18.5 Å². The Labute approximate surface area is 113 Å². The first-order valence-corrected chi connectivity index (χ1v) is 6.40. The minimum absolute atomic E-state index is 0.160. The van der Waals surface area contributed by atoms with Crippen molar-refractivity contribution in [1.82, 2.24) is 4.98 Å². The van der Waals surface area contributed by atoms with Crippen LogP contribution in [-0.2, 0) is 4.79 Å². The van der Waals surface area contributed by atoms with Crippen LogP contribution in [0.4, 0.5) is 5.69 Å². The molecule has 1 amide bonds. The highest BCUT2D eigenvalue weighted by Gasteiger charge is 2.38. The first-order chi connectivity index (χ1) is 8.46. The zero-order valence-electron chi connectivity index (χ0n) is 11.0. The average molecular weight is 265 g/mol. The summed E-state index contributed by atoms with van der Waals surface area (Å²) in [7, 11) is 0. The molecular weight excluding hydrogens is 246 g/mol. The van der Waals surface area contributed by atoms with Crippen molar-refractivity contribution >= 4 is 28.8 Å². The molecule has 0 radical (unpaired) electrons. The molecule has 1 heterocycles. The summed E-state index contributed by atoms with van der Waals surface area (Å²) in [6.07, 6.45) is 4.52. The number of hydrogen-bond acceptors (Lipinski definition) is 3. The maximum atomic E-state index is 12.3. The van der Waals surface area contributed by atoms with Crippen LogP contribution in [0, 0.1) is 12.3 Å². The van der Waals surface area contributed by atoms with Crippen molar-refractivity contribution in [3.05, 3.63) is 24.0 Å². The lowest BCUT2D eigenvalue weighted by atomic mass is 9.81. The van der Waals surface area contributed by atoms with Crippen molar-refractivity contribution in [2.75, 3.05) is 5.32 Å². The fourth-order valence-corrected chi connectivity index (χ4v) is 2.29. The molecule has 0 saturated carbocycles. The average Bonchev–Trinajstić information content (AvgIpc) is 2.30. The van der Waals surface area contributed by atoms with Gasteiger partial charge in [-0.15, -0.1) is 0 Å². The number of carbonyl (C=O) groups excluding carboxylic acids is 1. The van der Waals surface area contributed by atoms with Gasteiger partial charge in [-0.1, -0.05) is 26.1 Å². The molecular formula is C13H19N3OS. The van der Waals surface area contributed by atoms with Crippen molar-refractivity contribution in [2.45, 2.75) is 33.6 Å². The third-order valence-electron chi connectivity index (χ3n) is 3.25. The Morgan fingerprint density at radius 2 is 2.06 bits per heavy atom. The molecule has 0 unspecified atom stereocenters. The summed E-state index contributed by atoms with van der Waals surface area (Å²) >= 11 is 5.05. The summed E-state index contributed by atoms with van der Waals surface area (Å²) in [6.45, 7) is 5.75. The van der Waals surface area contributed by atoms with Gasteiger partial charge in [0, 0.05) is 6.20 Å². The highest BCUT2D eigenvalue weighted by molar-refractivity contribution is 7.80. The summed E-state index contributed by atoms with van der Waals surface area (Å²) < 4.78 is 0. The third kappa shape index (κ3) is 2.85. The van der Waals surface area contributed by atoms with E-state index in [4.69, 9.17) is 18.0 Å². The molecule has 98 valence electrons. The van der Waals surface area contributed by atoms with Crippen LogP contribution in [0.25, 0.3) is 0 Å². The smallest absolute Gasteiger partial charge is 0.237 e. The van der Waals surface area contributed by atoms with E-state index in [1.807, 2.05) is 26.8 Å². The SMILES string of the molecule is CCC(CC)(C(=O)Nc1cncc(C)c1)C(N)=S. The van der Waals surface area contributed by atoms with Gasteiger partial charge >= 0.3 is 0 Å². The second kappa shape index (κ2) is 5.91. The first kappa shape index (κ1) is 14.6. The lowest BCUT2D eigenvalue weighted by Gasteiger charge is -2.28. The number of nitrogens with zero attached hydrogens (tertiary/aromatic N) is 1. The second-order valence-electron chi connectivity index (χ2n) is 4.36. The number of hydrogen-bond donors (Lipinski definition) is 2. The van der Waals surface area contributed by atoms with E-state index in [0.717, 1.165) is 5.56 Å². The minimum Gasteiger partial charge on any atom is -0.392 e. The summed E-state index contributed by atoms with van der Waals surface area (Å²) in [5, 5.41) is 2.84. The molecule has 0 bridgehead atoms. The number of anilines is 1. The topological polar surface area (TPSA) is 68.0 Å². The quantitative estimate of drug-likeness (QED) is 0.802. The van der Waals surface area contributed by atoms with Crippen molar-refractivity contribution in [3.63, 3.8) is 0 Å². The van der Waals surface area contributed by atoms with Crippen molar-refractivity contribution in [2.24, 2.45) is 11.1 Å². The Kier molecular flexibility index (Phi) is 4.78. The minimum atomic E-state index is -0.779. The number of nitrogens with two attached hydrogens (primary N) is 1. The van der Waals surface area contributed by atoms with E-state index in [2.05, 4.69) is 10.3 Å². The molecule has 0 atom stereocenters. The van der Waals surface area contributed by atoms with Crippen molar-refractivity contribution in [1.29, 1.82) is 0 Å². The van der Waals surface area contributed by atoms with Crippen LogP contribution < -0.4 is 11.1 Å². The highest BCUT2D eigenvalue weighted by atomic mass is 32.1. The van der Waals surface area contributed by atoms with Gasteiger partial charge in [0.15, 0.2) is 0 Å². The molecule has 3 N–H and O–H groups in total. The maximum Gasteiger partial charge on any atom is 0.237 e. The summed E-state index contributed by atoms with van der Waals surface area (Å²) in [4.78, 5) is 16.6. The predicted molar refractivity (Wildman–Crippen MR) is 77.4 cm³/mol.